The topological polar surface area (TPSA) is 67.4 Å². The van der Waals surface area contributed by atoms with E-state index in [1.165, 1.54) is 32.0 Å². The summed E-state index contributed by atoms with van der Waals surface area (Å²) in [5.74, 6) is -0.924. The third kappa shape index (κ3) is 5.89. The minimum atomic E-state index is -4.72. The van der Waals surface area contributed by atoms with Crippen LogP contribution in [-0.2, 0) is 15.8 Å². The summed E-state index contributed by atoms with van der Waals surface area (Å²) in [5, 5.41) is 4.96. The summed E-state index contributed by atoms with van der Waals surface area (Å²) in [6.07, 6.45) is -5.78. The average Bonchev–Trinajstić information content (AvgIpc) is 2.56. The molecule has 0 aliphatic heterocycles. The van der Waals surface area contributed by atoms with Crippen molar-refractivity contribution in [3.63, 3.8) is 0 Å². The molecule has 0 heterocycles. The van der Waals surface area contributed by atoms with Crippen molar-refractivity contribution in [3.8, 4) is 5.75 Å². The number of rotatable bonds is 5. The number of carbonyl (C=O) groups excluding carboxylic acids is 2. The van der Waals surface area contributed by atoms with E-state index < -0.39 is 35.3 Å². The van der Waals surface area contributed by atoms with Gasteiger partial charge in [-0.1, -0.05) is 11.6 Å². The first-order valence-corrected chi connectivity index (χ1v) is 8.16. The van der Waals surface area contributed by atoms with Crippen molar-refractivity contribution in [2.45, 2.75) is 26.1 Å². The standard InChI is InChI=1S/C18H16ClF3N2O3/c1-10(27-14-6-3-12(19)4-7-14)17(26)24-16-8-5-13(23-11(2)25)9-15(16)18(20,21)22/h3-10H,1-2H3,(H,23,25)(H,24,26). The van der Waals surface area contributed by atoms with Crippen LogP contribution in [0.4, 0.5) is 24.5 Å². The summed E-state index contributed by atoms with van der Waals surface area (Å²) >= 11 is 5.75. The van der Waals surface area contributed by atoms with Gasteiger partial charge >= 0.3 is 6.18 Å². The molecule has 0 aliphatic rings. The van der Waals surface area contributed by atoms with Gasteiger partial charge < -0.3 is 15.4 Å². The maximum Gasteiger partial charge on any atom is 0.418 e. The zero-order valence-electron chi connectivity index (χ0n) is 14.4. The Balaban J connectivity index is 2.17. The summed E-state index contributed by atoms with van der Waals surface area (Å²) in [6.45, 7) is 2.58. The second kappa shape index (κ2) is 8.30. The molecule has 0 radical (unpaired) electrons. The SMILES string of the molecule is CC(=O)Nc1ccc(NC(=O)C(C)Oc2ccc(Cl)cc2)c(C(F)(F)F)c1. The molecule has 0 spiro atoms. The van der Waals surface area contributed by atoms with Crippen LogP contribution in [0.25, 0.3) is 0 Å². The molecule has 0 aliphatic carbocycles. The van der Waals surface area contributed by atoms with E-state index in [2.05, 4.69) is 10.6 Å². The highest BCUT2D eigenvalue weighted by Gasteiger charge is 2.34. The molecule has 144 valence electrons. The molecule has 1 atom stereocenters. The lowest BCUT2D eigenvalue weighted by molar-refractivity contribution is -0.137. The smallest absolute Gasteiger partial charge is 0.418 e. The Labute approximate surface area is 158 Å². The Kier molecular flexibility index (Phi) is 6.32. The fourth-order valence-electron chi connectivity index (χ4n) is 2.17. The first kappa shape index (κ1) is 20.6. The summed E-state index contributed by atoms with van der Waals surface area (Å²) in [6, 6.07) is 9.28. The van der Waals surface area contributed by atoms with Crippen molar-refractivity contribution < 1.29 is 27.5 Å². The minimum absolute atomic E-state index is 0.0294. The third-order valence-electron chi connectivity index (χ3n) is 3.40. The summed E-state index contributed by atoms with van der Waals surface area (Å²) in [5.41, 5.74) is -1.55. The Morgan fingerprint density at radius 1 is 1.07 bits per heavy atom. The van der Waals surface area contributed by atoms with Crippen LogP contribution in [0.1, 0.15) is 19.4 Å². The van der Waals surface area contributed by atoms with Crippen LogP contribution in [0.5, 0.6) is 5.75 Å². The highest BCUT2D eigenvalue weighted by Crippen LogP contribution is 2.36. The second-order valence-corrected chi connectivity index (χ2v) is 6.08. The van der Waals surface area contributed by atoms with E-state index in [0.717, 1.165) is 12.1 Å². The molecule has 0 aromatic heterocycles. The van der Waals surface area contributed by atoms with Crippen LogP contribution < -0.4 is 15.4 Å². The number of amides is 2. The number of benzene rings is 2. The monoisotopic (exact) mass is 400 g/mol. The van der Waals surface area contributed by atoms with Crippen LogP contribution in [0.15, 0.2) is 42.5 Å². The van der Waals surface area contributed by atoms with E-state index in [1.807, 2.05) is 0 Å². The molecular formula is C18H16ClF3N2O3. The van der Waals surface area contributed by atoms with Gasteiger partial charge in [0.05, 0.1) is 11.3 Å². The third-order valence-corrected chi connectivity index (χ3v) is 3.65. The Bertz CT molecular complexity index is 839. The molecule has 2 N–H and O–H groups in total. The fraction of sp³-hybridized carbons (Fsp3) is 0.222. The van der Waals surface area contributed by atoms with E-state index in [1.54, 1.807) is 12.1 Å². The van der Waals surface area contributed by atoms with Crippen LogP contribution in [0, 0.1) is 0 Å². The molecule has 27 heavy (non-hydrogen) atoms. The normalized spacial score (nSPS) is 12.2. The molecule has 2 aromatic rings. The van der Waals surface area contributed by atoms with Crippen LogP contribution in [-0.4, -0.2) is 17.9 Å². The van der Waals surface area contributed by atoms with Crippen molar-refractivity contribution in [3.05, 3.63) is 53.1 Å². The molecular weight excluding hydrogens is 385 g/mol. The van der Waals surface area contributed by atoms with Crippen molar-refractivity contribution in [1.29, 1.82) is 0 Å². The van der Waals surface area contributed by atoms with Crippen LogP contribution in [0.2, 0.25) is 5.02 Å². The number of alkyl halides is 3. The van der Waals surface area contributed by atoms with Crippen molar-refractivity contribution in [2.75, 3.05) is 10.6 Å². The molecule has 5 nitrogen and oxygen atoms in total. The van der Waals surface area contributed by atoms with E-state index >= 15 is 0 Å². The molecule has 9 heteroatoms. The molecule has 1 unspecified atom stereocenters. The quantitative estimate of drug-likeness (QED) is 0.763. The first-order valence-electron chi connectivity index (χ1n) is 7.78. The van der Waals surface area contributed by atoms with Crippen molar-refractivity contribution >= 4 is 34.8 Å². The summed E-state index contributed by atoms with van der Waals surface area (Å²) < 4.78 is 45.3. The lowest BCUT2D eigenvalue weighted by Crippen LogP contribution is -2.31. The summed E-state index contributed by atoms with van der Waals surface area (Å²) in [7, 11) is 0. The largest absolute Gasteiger partial charge is 0.481 e. The predicted octanol–water partition coefficient (Wildman–Crippen LogP) is 4.72. The van der Waals surface area contributed by atoms with Gasteiger partial charge in [0.2, 0.25) is 5.91 Å². The molecule has 0 saturated heterocycles. The molecule has 2 rings (SSSR count). The minimum Gasteiger partial charge on any atom is -0.481 e. The number of halogens is 4. The Morgan fingerprint density at radius 2 is 1.70 bits per heavy atom. The highest BCUT2D eigenvalue weighted by atomic mass is 35.5. The highest BCUT2D eigenvalue weighted by molar-refractivity contribution is 6.30. The van der Waals surface area contributed by atoms with E-state index in [4.69, 9.17) is 16.3 Å². The number of carbonyl (C=O) groups is 2. The van der Waals surface area contributed by atoms with E-state index in [-0.39, 0.29) is 5.69 Å². The van der Waals surface area contributed by atoms with Gasteiger partial charge in [-0.25, -0.2) is 0 Å². The molecule has 0 fully saturated rings. The number of anilines is 2. The van der Waals surface area contributed by atoms with E-state index in [0.29, 0.717) is 10.8 Å². The maximum atomic E-state index is 13.3. The number of ether oxygens (including phenoxy) is 1. The van der Waals surface area contributed by atoms with Gasteiger partial charge in [0.1, 0.15) is 5.75 Å². The average molecular weight is 401 g/mol. The first-order chi connectivity index (χ1) is 12.6. The lowest BCUT2D eigenvalue weighted by Gasteiger charge is -2.18. The molecule has 2 amide bonds. The van der Waals surface area contributed by atoms with Gasteiger partial charge in [-0.15, -0.1) is 0 Å². The second-order valence-electron chi connectivity index (χ2n) is 5.64. The number of hydrogen-bond acceptors (Lipinski definition) is 3. The molecule has 2 aromatic carbocycles. The zero-order valence-corrected chi connectivity index (χ0v) is 15.1. The van der Waals surface area contributed by atoms with Crippen molar-refractivity contribution in [1.82, 2.24) is 0 Å². The number of nitrogens with one attached hydrogen (secondary N) is 2. The van der Waals surface area contributed by atoms with E-state index in [9.17, 15) is 22.8 Å². The fourth-order valence-corrected chi connectivity index (χ4v) is 2.30. The number of hydrogen-bond donors (Lipinski definition) is 2. The van der Waals surface area contributed by atoms with Crippen LogP contribution >= 0.6 is 11.6 Å². The maximum absolute atomic E-state index is 13.3. The molecule has 0 bridgehead atoms. The Hall–Kier alpha value is -2.74. The Morgan fingerprint density at radius 3 is 2.26 bits per heavy atom. The lowest BCUT2D eigenvalue weighted by atomic mass is 10.1. The van der Waals surface area contributed by atoms with Crippen molar-refractivity contribution in [2.24, 2.45) is 0 Å². The van der Waals surface area contributed by atoms with Gasteiger partial charge in [-0.3, -0.25) is 9.59 Å². The van der Waals surface area contributed by atoms with Gasteiger partial charge in [0.15, 0.2) is 6.10 Å². The van der Waals surface area contributed by atoms with Gasteiger partial charge in [0.25, 0.3) is 5.91 Å². The summed E-state index contributed by atoms with van der Waals surface area (Å²) in [4.78, 5) is 23.3. The molecule has 0 saturated carbocycles. The zero-order chi connectivity index (χ0) is 20.2. The van der Waals surface area contributed by atoms with Gasteiger partial charge in [0, 0.05) is 17.6 Å². The van der Waals surface area contributed by atoms with Gasteiger partial charge in [-0.05, 0) is 49.4 Å². The van der Waals surface area contributed by atoms with Gasteiger partial charge in [-0.2, -0.15) is 13.2 Å². The van der Waals surface area contributed by atoms with Crippen LogP contribution in [0.3, 0.4) is 0 Å². The predicted molar refractivity (Wildman–Crippen MR) is 95.9 cm³/mol.